The maximum absolute atomic E-state index is 12.4. The summed E-state index contributed by atoms with van der Waals surface area (Å²) < 4.78 is 42.7. The highest BCUT2D eigenvalue weighted by Crippen LogP contribution is 2.42. The van der Waals surface area contributed by atoms with Crippen LogP contribution >= 0.6 is 15.9 Å². The number of halogens is 4. The minimum Gasteiger partial charge on any atom is -0.359 e. The first-order valence-electron chi connectivity index (χ1n) is 3.95. The molecule has 0 amide bonds. The highest BCUT2D eigenvalue weighted by molar-refractivity contribution is 9.10. The molecule has 1 aliphatic heterocycles. The van der Waals surface area contributed by atoms with Crippen molar-refractivity contribution in [3.63, 3.8) is 0 Å². The lowest BCUT2D eigenvalue weighted by Crippen LogP contribution is -2.19. The van der Waals surface area contributed by atoms with E-state index in [1.165, 1.54) is 6.07 Å². The third-order valence-electron chi connectivity index (χ3n) is 2.09. The molecule has 0 N–H and O–H groups in total. The van der Waals surface area contributed by atoms with Crippen LogP contribution in [0.1, 0.15) is 17.2 Å². The van der Waals surface area contributed by atoms with E-state index >= 15 is 0 Å². The smallest absolute Gasteiger partial charge is 0.359 e. The van der Waals surface area contributed by atoms with E-state index in [2.05, 4.69) is 15.9 Å². The fourth-order valence-electron chi connectivity index (χ4n) is 1.49. The van der Waals surface area contributed by atoms with E-state index in [1.807, 2.05) is 0 Å². The van der Waals surface area contributed by atoms with Crippen LogP contribution in [0.2, 0.25) is 0 Å². The molecule has 14 heavy (non-hydrogen) atoms. The van der Waals surface area contributed by atoms with Gasteiger partial charge < -0.3 is 4.74 Å². The summed E-state index contributed by atoms with van der Waals surface area (Å²) in [5, 5.41) is 0. The van der Waals surface area contributed by atoms with Crippen molar-refractivity contribution < 1.29 is 17.9 Å². The zero-order valence-corrected chi connectivity index (χ0v) is 8.52. The Morgan fingerprint density at radius 2 is 2.07 bits per heavy atom. The van der Waals surface area contributed by atoms with Crippen molar-refractivity contribution in [2.45, 2.75) is 18.9 Å². The van der Waals surface area contributed by atoms with Crippen LogP contribution in [0.3, 0.4) is 0 Å². The Morgan fingerprint density at radius 1 is 1.36 bits per heavy atom. The van der Waals surface area contributed by atoms with E-state index < -0.39 is 12.3 Å². The van der Waals surface area contributed by atoms with Gasteiger partial charge in [-0.25, -0.2) is 0 Å². The normalized spacial score (nSPS) is 21.0. The quantitative estimate of drug-likeness (QED) is 0.698. The molecule has 5 heteroatoms. The van der Waals surface area contributed by atoms with Crippen LogP contribution in [-0.4, -0.2) is 6.18 Å². The molecule has 0 bridgehead atoms. The van der Waals surface area contributed by atoms with Crippen LogP contribution in [-0.2, 0) is 11.3 Å². The van der Waals surface area contributed by atoms with E-state index in [1.54, 1.807) is 12.1 Å². The number of hydrogen-bond acceptors (Lipinski definition) is 1. The Hall–Kier alpha value is -0.550. The molecule has 1 atom stereocenters. The molecular weight excluding hydrogens is 261 g/mol. The summed E-state index contributed by atoms with van der Waals surface area (Å²) in [4.78, 5) is 0. The summed E-state index contributed by atoms with van der Waals surface area (Å²) >= 11 is 3.20. The number of hydrogen-bond donors (Lipinski definition) is 0. The zero-order valence-electron chi connectivity index (χ0n) is 6.94. The maximum atomic E-state index is 12.4. The fourth-order valence-corrected chi connectivity index (χ4v) is 1.90. The Morgan fingerprint density at radius 3 is 2.71 bits per heavy atom. The third kappa shape index (κ3) is 1.66. The summed E-state index contributed by atoms with van der Waals surface area (Å²) in [6.07, 6.45) is -6.08. The van der Waals surface area contributed by atoms with Crippen molar-refractivity contribution in [3.05, 3.63) is 33.8 Å². The molecule has 1 nitrogen and oxygen atoms in total. The predicted octanol–water partition coefficient (Wildman–Crippen LogP) is 3.58. The van der Waals surface area contributed by atoms with Crippen molar-refractivity contribution in [1.82, 2.24) is 0 Å². The van der Waals surface area contributed by atoms with Gasteiger partial charge in [0.2, 0.25) is 0 Å². The Kier molecular flexibility index (Phi) is 2.31. The molecule has 0 saturated heterocycles. The molecule has 1 unspecified atom stereocenters. The van der Waals surface area contributed by atoms with Crippen LogP contribution in [0.4, 0.5) is 13.2 Å². The number of fused-ring (bicyclic) bond motifs is 1. The molecule has 0 fully saturated rings. The van der Waals surface area contributed by atoms with Crippen molar-refractivity contribution in [1.29, 1.82) is 0 Å². The van der Waals surface area contributed by atoms with Gasteiger partial charge in [-0.05, 0) is 23.3 Å². The van der Waals surface area contributed by atoms with Gasteiger partial charge in [0.05, 0.1) is 6.61 Å². The molecule has 1 aromatic rings. The number of rotatable bonds is 0. The first-order chi connectivity index (χ1) is 6.48. The Bertz CT molecular complexity index is 362. The third-order valence-corrected chi connectivity index (χ3v) is 2.58. The van der Waals surface area contributed by atoms with Crippen LogP contribution in [0.5, 0.6) is 0 Å². The van der Waals surface area contributed by atoms with E-state index in [4.69, 9.17) is 4.74 Å². The maximum Gasteiger partial charge on any atom is 0.418 e. The van der Waals surface area contributed by atoms with Gasteiger partial charge in [-0.3, -0.25) is 0 Å². The zero-order chi connectivity index (χ0) is 10.3. The average molecular weight is 267 g/mol. The van der Waals surface area contributed by atoms with Crippen LogP contribution in [0, 0.1) is 0 Å². The van der Waals surface area contributed by atoms with Crippen molar-refractivity contribution in [2.24, 2.45) is 0 Å². The van der Waals surface area contributed by atoms with Gasteiger partial charge in [0.15, 0.2) is 6.10 Å². The lowest BCUT2D eigenvalue weighted by atomic mass is 10.1. The second-order valence-corrected chi connectivity index (χ2v) is 3.99. The van der Waals surface area contributed by atoms with Gasteiger partial charge in [0, 0.05) is 4.47 Å². The lowest BCUT2D eigenvalue weighted by molar-refractivity contribution is -0.219. The molecule has 76 valence electrons. The second kappa shape index (κ2) is 3.24. The molecule has 0 radical (unpaired) electrons. The van der Waals surface area contributed by atoms with Gasteiger partial charge in [0.1, 0.15) is 0 Å². The van der Waals surface area contributed by atoms with E-state index in [0.717, 1.165) is 4.47 Å². The van der Waals surface area contributed by atoms with Gasteiger partial charge in [-0.2, -0.15) is 13.2 Å². The van der Waals surface area contributed by atoms with Gasteiger partial charge in [0.25, 0.3) is 0 Å². The minimum atomic E-state index is -4.32. The van der Waals surface area contributed by atoms with Gasteiger partial charge >= 0.3 is 6.18 Å². The molecule has 0 saturated carbocycles. The SMILES string of the molecule is FC(F)(F)C1OCc2cc(Br)ccc21. The van der Waals surface area contributed by atoms with Crippen LogP contribution < -0.4 is 0 Å². The Labute approximate surface area is 87.0 Å². The van der Waals surface area contributed by atoms with Crippen molar-refractivity contribution in [3.8, 4) is 0 Å². The first kappa shape index (κ1) is 9.98. The van der Waals surface area contributed by atoms with Crippen molar-refractivity contribution >= 4 is 15.9 Å². The second-order valence-electron chi connectivity index (χ2n) is 3.08. The van der Waals surface area contributed by atoms with E-state index in [9.17, 15) is 13.2 Å². The summed E-state index contributed by atoms with van der Waals surface area (Å²) in [7, 11) is 0. The summed E-state index contributed by atoms with van der Waals surface area (Å²) in [6.45, 7) is 0.0267. The van der Waals surface area contributed by atoms with Gasteiger partial charge in [-0.15, -0.1) is 0 Å². The molecule has 0 aliphatic carbocycles. The molecule has 0 aromatic heterocycles. The topological polar surface area (TPSA) is 9.23 Å². The van der Waals surface area contributed by atoms with Gasteiger partial charge in [-0.1, -0.05) is 22.0 Å². The molecular formula is C9H6BrF3O. The molecule has 1 aromatic carbocycles. The molecule has 1 heterocycles. The standard InChI is InChI=1S/C9H6BrF3O/c10-6-1-2-7-5(3-6)4-14-8(7)9(11,12)13/h1-3,8H,4H2. The number of benzene rings is 1. The first-order valence-corrected chi connectivity index (χ1v) is 4.74. The molecule has 2 rings (SSSR count). The van der Waals surface area contributed by atoms with Crippen molar-refractivity contribution in [2.75, 3.05) is 0 Å². The lowest BCUT2D eigenvalue weighted by Gasteiger charge is -2.14. The summed E-state index contributed by atoms with van der Waals surface area (Å²) in [5.74, 6) is 0. The Balaban J connectivity index is 2.41. The van der Waals surface area contributed by atoms with E-state index in [0.29, 0.717) is 5.56 Å². The average Bonchev–Trinajstić information content (AvgIpc) is 2.45. The fraction of sp³-hybridized carbons (Fsp3) is 0.333. The highest BCUT2D eigenvalue weighted by atomic mass is 79.9. The number of ether oxygens (including phenoxy) is 1. The summed E-state index contributed by atoms with van der Waals surface area (Å²) in [6, 6.07) is 4.69. The minimum absolute atomic E-state index is 0.0267. The molecule has 0 spiro atoms. The van der Waals surface area contributed by atoms with E-state index in [-0.39, 0.29) is 12.2 Å². The van der Waals surface area contributed by atoms with Crippen LogP contribution in [0.25, 0.3) is 0 Å². The predicted molar refractivity (Wildman–Crippen MR) is 47.7 cm³/mol. The largest absolute Gasteiger partial charge is 0.418 e. The molecule has 1 aliphatic rings. The number of alkyl halides is 3. The van der Waals surface area contributed by atoms with Crippen LogP contribution in [0.15, 0.2) is 22.7 Å². The summed E-state index contributed by atoms with van der Waals surface area (Å²) in [5.41, 5.74) is 0.822. The monoisotopic (exact) mass is 266 g/mol. The highest BCUT2D eigenvalue weighted by Gasteiger charge is 2.45.